The van der Waals surface area contributed by atoms with Gasteiger partial charge in [-0.1, -0.05) is 298 Å². The first-order chi connectivity index (χ1) is 38.0. The van der Waals surface area contributed by atoms with E-state index in [0.29, 0.717) is 19.3 Å². The van der Waals surface area contributed by atoms with Crippen molar-refractivity contribution >= 4 is 17.9 Å². The first kappa shape index (κ1) is 73.3. The van der Waals surface area contributed by atoms with E-state index >= 15 is 0 Å². The number of carbonyl (C=O) groups is 3. The molecule has 1 atom stereocenters. The van der Waals surface area contributed by atoms with Crippen molar-refractivity contribution in [2.45, 2.75) is 322 Å². The number of hydrogen-bond donors (Lipinski definition) is 0. The van der Waals surface area contributed by atoms with E-state index in [4.69, 9.17) is 14.2 Å². The van der Waals surface area contributed by atoms with Crippen LogP contribution in [0.15, 0.2) is 97.2 Å². The normalized spacial score (nSPS) is 12.7. The lowest BCUT2D eigenvalue weighted by Crippen LogP contribution is -2.30. The van der Waals surface area contributed by atoms with Crippen LogP contribution in [0.2, 0.25) is 0 Å². The van der Waals surface area contributed by atoms with Gasteiger partial charge < -0.3 is 14.2 Å². The highest BCUT2D eigenvalue weighted by Gasteiger charge is 2.19. The first-order valence-electron chi connectivity index (χ1n) is 32.7. The minimum absolute atomic E-state index is 0.0977. The van der Waals surface area contributed by atoms with Crippen LogP contribution in [0.1, 0.15) is 316 Å². The molecule has 0 rings (SSSR count). The van der Waals surface area contributed by atoms with Crippen LogP contribution in [-0.2, 0) is 28.6 Å². The summed E-state index contributed by atoms with van der Waals surface area (Å²) in [6.45, 7) is 6.50. The molecule has 0 N–H and O–H groups in total. The number of rotatable bonds is 59. The van der Waals surface area contributed by atoms with E-state index in [9.17, 15) is 14.4 Å². The Hall–Kier alpha value is -3.67. The summed E-state index contributed by atoms with van der Waals surface area (Å²) in [6.07, 6.45) is 87.1. The molecule has 0 saturated carbocycles. The van der Waals surface area contributed by atoms with Gasteiger partial charge in [0.25, 0.3) is 0 Å². The molecule has 0 spiro atoms. The average molecular weight is 1070 g/mol. The van der Waals surface area contributed by atoms with Gasteiger partial charge in [0, 0.05) is 19.3 Å². The van der Waals surface area contributed by atoms with Gasteiger partial charge in [0.15, 0.2) is 6.10 Å². The highest BCUT2D eigenvalue weighted by atomic mass is 16.6. The maximum Gasteiger partial charge on any atom is 0.306 e. The highest BCUT2D eigenvalue weighted by molar-refractivity contribution is 5.71. The van der Waals surface area contributed by atoms with Gasteiger partial charge in [0.2, 0.25) is 0 Å². The highest BCUT2D eigenvalue weighted by Crippen LogP contribution is 2.17. The van der Waals surface area contributed by atoms with Crippen LogP contribution in [0, 0.1) is 0 Å². The number of carbonyl (C=O) groups excluding carboxylic acids is 3. The van der Waals surface area contributed by atoms with Gasteiger partial charge in [0.1, 0.15) is 13.2 Å². The summed E-state index contributed by atoms with van der Waals surface area (Å²) in [7, 11) is 0. The van der Waals surface area contributed by atoms with Crippen LogP contribution in [0.3, 0.4) is 0 Å². The van der Waals surface area contributed by atoms with Gasteiger partial charge in [-0.15, -0.1) is 0 Å². The molecule has 0 saturated heterocycles. The van der Waals surface area contributed by atoms with Crippen molar-refractivity contribution in [2.75, 3.05) is 13.2 Å². The Morgan fingerprint density at radius 3 is 0.857 bits per heavy atom. The molecule has 0 aliphatic carbocycles. The summed E-state index contributed by atoms with van der Waals surface area (Å²) >= 11 is 0. The molecule has 0 aromatic carbocycles. The SMILES string of the molecule is CC/C=C\C/C=C\C/C=C\C/C=C\C/C=C\C/C=C\C/C=C\CCCC(=O)OCC(COC(=O)CCCCCCC/C=C\CCCCCCC)OC(=O)CCCCCCCCCCCCCCCCCCCCCCCC. The fourth-order valence-corrected chi connectivity index (χ4v) is 9.19. The van der Waals surface area contributed by atoms with E-state index in [2.05, 4.69) is 118 Å². The molecule has 0 bridgehead atoms. The number of unbranched alkanes of at least 4 members (excludes halogenated alkanes) is 32. The molecular formula is C71H122O6. The molecule has 6 nitrogen and oxygen atoms in total. The first-order valence-corrected chi connectivity index (χ1v) is 32.7. The summed E-state index contributed by atoms with van der Waals surface area (Å²) in [5.74, 6) is -0.955. The lowest BCUT2D eigenvalue weighted by atomic mass is 10.0. The zero-order valence-electron chi connectivity index (χ0n) is 50.7. The Bertz CT molecular complexity index is 1510. The molecular weight excluding hydrogens is 949 g/mol. The molecule has 77 heavy (non-hydrogen) atoms. The smallest absolute Gasteiger partial charge is 0.306 e. The summed E-state index contributed by atoms with van der Waals surface area (Å²) < 4.78 is 16.9. The zero-order chi connectivity index (χ0) is 55.7. The Morgan fingerprint density at radius 1 is 0.273 bits per heavy atom. The Kier molecular flexibility index (Phi) is 61.8. The average Bonchev–Trinajstić information content (AvgIpc) is 3.43. The van der Waals surface area contributed by atoms with Crippen molar-refractivity contribution in [1.82, 2.24) is 0 Å². The van der Waals surface area contributed by atoms with Crippen LogP contribution >= 0.6 is 0 Å². The third kappa shape index (κ3) is 63.0. The van der Waals surface area contributed by atoms with Gasteiger partial charge in [-0.25, -0.2) is 0 Å². The fraction of sp³-hybridized carbons (Fsp3) is 0.732. The lowest BCUT2D eigenvalue weighted by Gasteiger charge is -2.18. The molecule has 0 heterocycles. The molecule has 6 heteroatoms. The monoisotopic (exact) mass is 1070 g/mol. The molecule has 0 aromatic rings. The topological polar surface area (TPSA) is 78.9 Å². The van der Waals surface area contributed by atoms with Crippen LogP contribution < -0.4 is 0 Å². The molecule has 0 fully saturated rings. The van der Waals surface area contributed by atoms with Crippen molar-refractivity contribution in [3.05, 3.63) is 97.2 Å². The van der Waals surface area contributed by atoms with Crippen LogP contribution in [0.4, 0.5) is 0 Å². The number of ether oxygens (including phenoxy) is 3. The van der Waals surface area contributed by atoms with Crippen LogP contribution in [0.5, 0.6) is 0 Å². The van der Waals surface area contributed by atoms with Crippen molar-refractivity contribution in [1.29, 1.82) is 0 Å². The fourth-order valence-electron chi connectivity index (χ4n) is 9.19. The molecule has 0 aromatic heterocycles. The predicted octanol–water partition coefficient (Wildman–Crippen LogP) is 22.4. The van der Waals surface area contributed by atoms with Crippen LogP contribution in [0.25, 0.3) is 0 Å². The van der Waals surface area contributed by atoms with Gasteiger partial charge in [-0.3, -0.25) is 14.4 Å². The van der Waals surface area contributed by atoms with Gasteiger partial charge in [-0.05, 0) is 96.3 Å². The standard InChI is InChI=1S/C71H122O6/c1-4-7-10-13-16-19-22-25-28-30-32-34-36-38-39-41-43-46-49-52-55-58-61-64-70(73)76-67-68(66-75-69(72)63-60-57-54-51-48-45-27-24-21-18-15-12-9-6-3)77-71(74)65-62-59-56-53-50-47-44-42-40-37-35-33-31-29-26-23-20-17-14-11-8-5-2/h7,10,16,19,24-25,27-28,32,34,38-39,43,46,52,55,68H,4-6,8-9,11-15,17-18,20-23,26,29-31,33,35-37,40-42,44-45,47-51,53-54,56-67H2,1-3H3/b10-7-,19-16-,27-24-,28-25-,34-32-,39-38-,46-43-,55-52-. The van der Waals surface area contributed by atoms with E-state index in [1.165, 1.54) is 173 Å². The molecule has 0 radical (unpaired) electrons. The summed E-state index contributed by atoms with van der Waals surface area (Å²) in [4.78, 5) is 38.3. The quantitative estimate of drug-likeness (QED) is 0.0261. The molecule has 0 aliphatic heterocycles. The van der Waals surface area contributed by atoms with Crippen molar-refractivity contribution in [3.8, 4) is 0 Å². The number of allylic oxidation sites excluding steroid dienone is 16. The third-order valence-electron chi connectivity index (χ3n) is 14.1. The van der Waals surface area contributed by atoms with E-state index in [-0.39, 0.29) is 37.5 Å². The van der Waals surface area contributed by atoms with Crippen molar-refractivity contribution < 1.29 is 28.6 Å². The Morgan fingerprint density at radius 2 is 0.519 bits per heavy atom. The Labute approximate surface area is 477 Å². The van der Waals surface area contributed by atoms with Crippen LogP contribution in [-0.4, -0.2) is 37.2 Å². The summed E-state index contributed by atoms with van der Waals surface area (Å²) in [6, 6.07) is 0. The summed E-state index contributed by atoms with van der Waals surface area (Å²) in [5.41, 5.74) is 0. The van der Waals surface area contributed by atoms with E-state index in [1.807, 2.05) is 0 Å². The maximum atomic E-state index is 12.9. The second-order valence-electron chi connectivity index (χ2n) is 21.6. The minimum Gasteiger partial charge on any atom is -0.462 e. The van der Waals surface area contributed by atoms with E-state index in [1.54, 1.807) is 0 Å². The molecule has 1 unspecified atom stereocenters. The second kappa shape index (κ2) is 64.9. The van der Waals surface area contributed by atoms with Gasteiger partial charge >= 0.3 is 17.9 Å². The van der Waals surface area contributed by atoms with Gasteiger partial charge in [0.05, 0.1) is 0 Å². The predicted molar refractivity (Wildman–Crippen MR) is 334 cm³/mol. The third-order valence-corrected chi connectivity index (χ3v) is 14.1. The Balaban J connectivity index is 4.43. The number of esters is 3. The van der Waals surface area contributed by atoms with Crippen molar-refractivity contribution in [2.24, 2.45) is 0 Å². The lowest BCUT2D eigenvalue weighted by molar-refractivity contribution is -0.167. The minimum atomic E-state index is -0.805. The van der Waals surface area contributed by atoms with Crippen molar-refractivity contribution in [3.63, 3.8) is 0 Å². The largest absolute Gasteiger partial charge is 0.462 e. The molecule has 0 aliphatic rings. The maximum absolute atomic E-state index is 12.9. The van der Waals surface area contributed by atoms with E-state index < -0.39 is 6.10 Å². The number of hydrogen-bond acceptors (Lipinski definition) is 6. The molecule has 442 valence electrons. The molecule has 0 amide bonds. The zero-order valence-corrected chi connectivity index (χ0v) is 50.7. The van der Waals surface area contributed by atoms with E-state index in [0.717, 1.165) is 96.3 Å². The summed E-state index contributed by atoms with van der Waals surface area (Å²) in [5, 5.41) is 0. The van der Waals surface area contributed by atoms with Gasteiger partial charge in [-0.2, -0.15) is 0 Å². The second-order valence-corrected chi connectivity index (χ2v) is 21.6.